The van der Waals surface area contributed by atoms with E-state index in [1.165, 1.54) is 19.9 Å². The van der Waals surface area contributed by atoms with Crippen LogP contribution in [0, 0.1) is 0 Å². The van der Waals surface area contributed by atoms with Gasteiger partial charge in [0.15, 0.2) is 0 Å². The quantitative estimate of drug-likeness (QED) is 0.418. The van der Waals surface area contributed by atoms with E-state index in [9.17, 15) is 14.4 Å². The molecule has 4 rings (SSSR count). The van der Waals surface area contributed by atoms with Crippen LogP contribution in [0.25, 0.3) is 0 Å². The molecular formula is C16H21N3O4S. The Kier molecular flexibility index (Phi) is 4.11. The second-order valence-electron chi connectivity index (χ2n) is 6.75. The van der Waals surface area contributed by atoms with Crippen LogP contribution in [-0.4, -0.2) is 81.4 Å². The number of carbonyl (C=O) groups is 3. The van der Waals surface area contributed by atoms with Gasteiger partial charge in [-0.1, -0.05) is 0 Å². The second kappa shape index (κ2) is 5.84. The van der Waals surface area contributed by atoms with Crippen molar-refractivity contribution < 1.29 is 19.5 Å². The number of hydrogen-bond acceptors (Lipinski definition) is 7. The molecular weight excluding hydrogens is 330 g/mol. The molecule has 0 amide bonds. The predicted molar refractivity (Wildman–Crippen MR) is 90.5 cm³/mol. The maximum atomic E-state index is 12.4. The van der Waals surface area contributed by atoms with Crippen LogP contribution in [-0.2, 0) is 14.4 Å². The highest BCUT2D eigenvalue weighted by Crippen LogP contribution is 2.33. The van der Waals surface area contributed by atoms with Crippen molar-refractivity contribution >= 4 is 30.2 Å². The molecule has 3 fully saturated rings. The normalized spacial score (nSPS) is 22.1. The van der Waals surface area contributed by atoms with Gasteiger partial charge in [-0.15, -0.1) is 0 Å². The molecule has 3 saturated heterocycles. The highest BCUT2D eigenvalue weighted by Gasteiger charge is 2.43. The van der Waals surface area contributed by atoms with E-state index in [-0.39, 0.29) is 11.6 Å². The number of hydrogen-bond donors (Lipinski definition) is 2. The SMILES string of the molecule is CC(C)(S)C(=O)O.O=C1C=C(N2CC2)C(=O)C(N2CC2)=C1N1CC1. The average Bonchev–Trinajstić information content (AvgIpc) is 3.36. The van der Waals surface area contributed by atoms with Crippen molar-refractivity contribution in [3.05, 3.63) is 23.2 Å². The fourth-order valence-corrected chi connectivity index (χ4v) is 2.28. The van der Waals surface area contributed by atoms with Gasteiger partial charge >= 0.3 is 5.97 Å². The van der Waals surface area contributed by atoms with Gasteiger partial charge in [0, 0.05) is 45.3 Å². The molecule has 7 nitrogen and oxygen atoms in total. The fraction of sp³-hybridized carbons (Fsp3) is 0.562. The summed E-state index contributed by atoms with van der Waals surface area (Å²) in [5.74, 6) is -0.844. The molecule has 0 radical (unpaired) electrons. The Balaban J connectivity index is 0.000000209. The lowest BCUT2D eigenvalue weighted by molar-refractivity contribution is -0.138. The molecule has 1 N–H and O–H groups in total. The number of carboxylic acids is 1. The van der Waals surface area contributed by atoms with Crippen molar-refractivity contribution in [3.8, 4) is 0 Å². The number of Topliss-reactive ketones (excluding diaryl/α,β-unsaturated/α-hetero) is 1. The third-order valence-electron chi connectivity index (χ3n) is 4.01. The first-order valence-electron chi connectivity index (χ1n) is 7.96. The van der Waals surface area contributed by atoms with E-state index in [4.69, 9.17) is 5.11 Å². The van der Waals surface area contributed by atoms with Gasteiger partial charge in [0.1, 0.15) is 16.1 Å². The molecule has 3 heterocycles. The van der Waals surface area contributed by atoms with Gasteiger partial charge in [0.2, 0.25) is 11.6 Å². The van der Waals surface area contributed by atoms with Gasteiger partial charge in [-0.05, 0) is 13.8 Å². The summed E-state index contributed by atoms with van der Waals surface area (Å²) < 4.78 is -0.889. The van der Waals surface area contributed by atoms with E-state index < -0.39 is 10.7 Å². The first-order valence-corrected chi connectivity index (χ1v) is 8.40. The van der Waals surface area contributed by atoms with Crippen molar-refractivity contribution in [2.75, 3.05) is 39.3 Å². The lowest BCUT2D eigenvalue weighted by Gasteiger charge is -2.21. The van der Waals surface area contributed by atoms with Gasteiger partial charge in [-0.25, -0.2) is 0 Å². The molecule has 0 aromatic carbocycles. The first-order chi connectivity index (χ1) is 11.2. The van der Waals surface area contributed by atoms with Crippen LogP contribution in [0.4, 0.5) is 0 Å². The van der Waals surface area contributed by atoms with E-state index in [0.29, 0.717) is 17.1 Å². The highest BCUT2D eigenvalue weighted by molar-refractivity contribution is 7.82. The van der Waals surface area contributed by atoms with Crippen LogP contribution < -0.4 is 0 Å². The summed E-state index contributed by atoms with van der Waals surface area (Å²) in [5, 5.41) is 8.17. The topological polar surface area (TPSA) is 80.5 Å². The molecule has 8 heteroatoms. The lowest BCUT2D eigenvalue weighted by Crippen LogP contribution is -2.29. The molecule has 0 aromatic rings. The Morgan fingerprint density at radius 3 is 1.79 bits per heavy atom. The highest BCUT2D eigenvalue weighted by atomic mass is 32.1. The molecule has 3 aliphatic heterocycles. The van der Waals surface area contributed by atoms with Crippen molar-refractivity contribution in [1.82, 2.24) is 14.7 Å². The molecule has 0 saturated carbocycles. The van der Waals surface area contributed by atoms with E-state index >= 15 is 0 Å². The van der Waals surface area contributed by atoms with Crippen LogP contribution in [0.15, 0.2) is 23.2 Å². The van der Waals surface area contributed by atoms with Crippen LogP contribution in [0.2, 0.25) is 0 Å². The summed E-state index contributed by atoms with van der Waals surface area (Å²) in [6, 6.07) is 0. The summed E-state index contributed by atoms with van der Waals surface area (Å²) in [4.78, 5) is 40.4. The summed E-state index contributed by atoms with van der Waals surface area (Å²) >= 11 is 3.75. The van der Waals surface area contributed by atoms with Crippen LogP contribution >= 0.6 is 12.6 Å². The Labute approximate surface area is 146 Å². The van der Waals surface area contributed by atoms with Crippen molar-refractivity contribution in [1.29, 1.82) is 0 Å². The Hall–Kier alpha value is -1.96. The molecule has 1 aliphatic carbocycles. The molecule has 0 spiro atoms. The Bertz CT molecular complexity index is 665. The first kappa shape index (κ1) is 16.9. The van der Waals surface area contributed by atoms with Crippen molar-refractivity contribution in [2.45, 2.75) is 18.6 Å². The van der Waals surface area contributed by atoms with Gasteiger partial charge in [-0.3, -0.25) is 14.4 Å². The molecule has 0 unspecified atom stereocenters. The monoisotopic (exact) mass is 351 g/mol. The maximum absolute atomic E-state index is 12.4. The number of carbonyl (C=O) groups excluding carboxylic acids is 2. The largest absolute Gasteiger partial charge is 0.480 e. The minimum Gasteiger partial charge on any atom is -0.480 e. The van der Waals surface area contributed by atoms with Gasteiger partial charge in [0.25, 0.3) is 0 Å². The zero-order chi connectivity index (χ0) is 17.6. The summed E-state index contributed by atoms with van der Waals surface area (Å²) in [6.45, 7) is 8.46. The minimum absolute atomic E-state index is 0.00546. The molecule has 0 atom stereocenters. The van der Waals surface area contributed by atoms with Crippen LogP contribution in [0.3, 0.4) is 0 Å². The number of nitrogens with zero attached hydrogens (tertiary/aromatic N) is 3. The van der Waals surface area contributed by atoms with E-state index in [2.05, 4.69) is 12.6 Å². The molecule has 4 aliphatic rings. The number of thiol groups is 1. The van der Waals surface area contributed by atoms with Crippen LogP contribution in [0.5, 0.6) is 0 Å². The molecule has 0 aromatic heterocycles. The van der Waals surface area contributed by atoms with E-state index in [1.54, 1.807) is 0 Å². The summed E-state index contributed by atoms with van der Waals surface area (Å²) in [7, 11) is 0. The van der Waals surface area contributed by atoms with E-state index in [0.717, 1.165) is 39.3 Å². The molecule has 0 bridgehead atoms. The minimum atomic E-state index is -0.893. The number of carboxylic acid groups (broad SMARTS) is 1. The van der Waals surface area contributed by atoms with Crippen molar-refractivity contribution in [3.63, 3.8) is 0 Å². The average molecular weight is 351 g/mol. The maximum Gasteiger partial charge on any atom is 0.318 e. The third-order valence-corrected chi connectivity index (χ3v) is 4.20. The number of rotatable bonds is 4. The summed E-state index contributed by atoms with van der Waals surface area (Å²) in [6.07, 6.45) is 1.52. The van der Waals surface area contributed by atoms with Crippen molar-refractivity contribution in [2.24, 2.45) is 0 Å². The van der Waals surface area contributed by atoms with Gasteiger partial charge in [0.05, 0.1) is 5.70 Å². The standard InChI is InChI=1S/C12H13N3O2.C4H8O2S/c16-9-7-8(13-1-2-13)12(17)11(15-5-6-15)10(9)14-3-4-14;1-4(2,7)3(5)6/h7H,1-6H2;7H,1-2H3,(H,5,6). The second-order valence-corrected chi connectivity index (χ2v) is 7.86. The zero-order valence-electron chi connectivity index (χ0n) is 13.8. The Morgan fingerprint density at radius 1 is 1.00 bits per heavy atom. The zero-order valence-corrected chi connectivity index (χ0v) is 14.7. The number of aliphatic carboxylic acids is 1. The summed E-state index contributed by atoms with van der Waals surface area (Å²) in [5.41, 5.74) is 1.89. The number of ketones is 2. The fourth-order valence-electron chi connectivity index (χ4n) is 2.28. The lowest BCUT2D eigenvalue weighted by atomic mass is 10.0. The smallest absolute Gasteiger partial charge is 0.318 e. The molecule has 24 heavy (non-hydrogen) atoms. The van der Waals surface area contributed by atoms with E-state index in [1.807, 2.05) is 14.7 Å². The third kappa shape index (κ3) is 3.58. The Morgan fingerprint density at radius 2 is 1.42 bits per heavy atom. The number of allylic oxidation sites excluding steroid dienone is 1. The van der Waals surface area contributed by atoms with Gasteiger partial charge in [-0.2, -0.15) is 12.6 Å². The van der Waals surface area contributed by atoms with Crippen LogP contribution in [0.1, 0.15) is 13.8 Å². The predicted octanol–water partition coefficient (Wildman–Crippen LogP) is -0.0401. The molecule has 130 valence electrons. The van der Waals surface area contributed by atoms with Gasteiger partial charge < -0.3 is 19.8 Å².